The van der Waals surface area contributed by atoms with E-state index >= 15 is 0 Å². The lowest BCUT2D eigenvalue weighted by Gasteiger charge is -2.10. The van der Waals surface area contributed by atoms with Gasteiger partial charge in [0.1, 0.15) is 0 Å². The summed E-state index contributed by atoms with van der Waals surface area (Å²) in [6.07, 6.45) is 2.77. The predicted octanol–water partition coefficient (Wildman–Crippen LogP) is 10.5. The van der Waals surface area contributed by atoms with Crippen LogP contribution in [0.4, 0.5) is 0 Å². The molecule has 0 unspecified atom stereocenters. The van der Waals surface area contributed by atoms with Crippen LogP contribution in [0.1, 0.15) is 11.1 Å². The first-order chi connectivity index (χ1) is 22.3. The fraction of sp³-hybridized carbons (Fsp3) is 0.0238. The molecule has 212 valence electrons. The molecule has 0 radical (unpaired) electrons. The van der Waals surface area contributed by atoms with E-state index in [1.165, 1.54) is 60.6 Å². The summed E-state index contributed by atoms with van der Waals surface area (Å²) in [6.45, 7) is 0. The monoisotopic (exact) mass is 575 g/mol. The molecule has 0 aliphatic rings. The molecule has 9 aromatic rings. The number of benzene rings is 6. The van der Waals surface area contributed by atoms with E-state index in [-0.39, 0.29) is 0 Å². The molecule has 0 atom stereocenters. The van der Waals surface area contributed by atoms with Crippen molar-refractivity contribution >= 4 is 43.7 Å². The Labute approximate surface area is 261 Å². The van der Waals surface area contributed by atoms with E-state index < -0.39 is 0 Å². The van der Waals surface area contributed by atoms with Crippen LogP contribution in [0.2, 0.25) is 0 Å². The second-order valence-electron chi connectivity index (χ2n) is 11.7. The number of nitrogens with zero attached hydrogens (tertiary/aromatic N) is 3. The third-order valence-corrected chi connectivity index (χ3v) is 9.02. The molecule has 0 spiro atoms. The average Bonchev–Trinajstić information content (AvgIpc) is 3.62. The van der Waals surface area contributed by atoms with Crippen LogP contribution < -0.4 is 0 Å². The zero-order valence-electron chi connectivity index (χ0n) is 24.6. The summed E-state index contributed by atoms with van der Waals surface area (Å²) in [7, 11) is 0. The van der Waals surface area contributed by atoms with Gasteiger partial charge in [-0.25, -0.2) is 0 Å². The van der Waals surface area contributed by atoms with Gasteiger partial charge < -0.3 is 9.13 Å². The van der Waals surface area contributed by atoms with Gasteiger partial charge in [-0.1, -0.05) is 103 Å². The minimum atomic E-state index is 0.897. The summed E-state index contributed by atoms with van der Waals surface area (Å²) >= 11 is 0. The first kappa shape index (κ1) is 25.6. The molecule has 0 saturated carbocycles. The van der Waals surface area contributed by atoms with Crippen molar-refractivity contribution in [1.29, 1.82) is 0 Å². The number of rotatable bonds is 5. The van der Waals surface area contributed by atoms with Crippen molar-refractivity contribution in [3.05, 3.63) is 175 Å². The Morgan fingerprint density at radius 2 is 0.800 bits per heavy atom. The molecule has 0 bridgehead atoms. The van der Waals surface area contributed by atoms with Crippen LogP contribution >= 0.6 is 0 Å². The Morgan fingerprint density at radius 1 is 0.378 bits per heavy atom. The van der Waals surface area contributed by atoms with Crippen LogP contribution in [0.5, 0.6) is 0 Å². The maximum atomic E-state index is 4.67. The van der Waals surface area contributed by atoms with Gasteiger partial charge >= 0.3 is 0 Å². The molecule has 0 fully saturated rings. The fourth-order valence-electron chi connectivity index (χ4n) is 6.88. The first-order valence-electron chi connectivity index (χ1n) is 15.4. The van der Waals surface area contributed by atoms with Crippen molar-refractivity contribution in [2.24, 2.45) is 0 Å². The SMILES string of the molecule is c1ccc2c(c1)c1ccccc1n2-c1ccc(Cc2ccc(-c3ccc(-n4c5ccccc5c5ncccc54)cc3)cc2)cc1. The van der Waals surface area contributed by atoms with Crippen LogP contribution in [0.3, 0.4) is 0 Å². The molecule has 3 aromatic heterocycles. The van der Waals surface area contributed by atoms with Crippen LogP contribution in [-0.4, -0.2) is 14.1 Å². The van der Waals surface area contributed by atoms with Gasteiger partial charge in [-0.3, -0.25) is 4.98 Å². The van der Waals surface area contributed by atoms with Gasteiger partial charge in [0, 0.05) is 33.7 Å². The zero-order valence-corrected chi connectivity index (χ0v) is 24.6. The van der Waals surface area contributed by atoms with Crippen LogP contribution in [0.25, 0.3) is 66.2 Å². The lowest BCUT2D eigenvalue weighted by molar-refractivity contribution is 1.15. The molecule has 3 nitrogen and oxygen atoms in total. The smallest absolute Gasteiger partial charge is 0.0963 e. The quantitative estimate of drug-likeness (QED) is 0.200. The molecule has 45 heavy (non-hydrogen) atoms. The van der Waals surface area contributed by atoms with E-state index in [4.69, 9.17) is 0 Å². The van der Waals surface area contributed by atoms with E-state index in [0.29, 0.717) is 0 Å². The molecule has 0 amide bonds. The molecule has 3 heterocycles. The van der Waals surface area contributed by atoms with Crippen molar-refractivity contribution in [3.63, 3.8) is 0 Å². The van der Waals surface area contributed by atoms with E-state index in [2.05, 4.69) is 166 Å². The van der Waals surface area contributed by atoms with E-state index in [1.807, 2.05) is 12.3 Å². The Balaban J connectivity index is 0.966. The standard InChI is InChI=1S/C42H29N3/c1-4-11-38-35(8-1)36-9-2-5-12-39(36)44(38)33-23-17-30(18-24-33)28-29-15-19-31(20-16-29)32-21-25-34(26-22-32)45-40-13-6-3-10-37(40)42-41(45)14-7-27-43-42/h1-27H,28H2. The van der Waals surface area contributed by atoms with Crippen LogP contribution in [-0.2, 0) is 6.42 Å². The molecule has 3 heteroatoms. The summed E-state index contributed by atoms with van der Waals surface area (Å²) in [6, 6.07) is 56.8. The average molecular weight is 576 g/mol. The number of hydrogen-bond donors (Lipinski definition) is 0. The Bertz CT molecular complexity index is 2370. The van der Waals surface area contributed by atoms with Gasteiger partial charge in [0.05, 0.1) is 27.6 Å². The summed E-state index contributed by atoms with van der Waals surface area (Å²) < 4.78 is 4.67. The molecule has 0 aliphatic carbocycles. The number of para-hydroxylation sites is 3. The number of aromatic nitrogens is 3. The van der Waals surface area contributed by atoms with Gasteiger partial charge in [-0.2, -0.15) is 0 Å². The lowest BCUT2D eigenvalue weighted by Crippen LogP contribution is -1.95. The van der Waals surface area contributed by atoms with E-state index in [1.54, 1.807) is 0 Å². The highest BCUT2D eigenvalue weighted by atomic mass is 15.0. The van der Waals surface area contributed by atoms with Crippen molar-refractivity contribution in [2.75, 3.05) is 0 Å². The highest BCUT2D eigenvalue weighted by Gasteiger charge is 2.13. The van der Waals surface area contributed by atoms with Gasteiger partial charge in [0.15, 0.2) is 0 Å². The zero-order chi connectivity index (χ0) is 29.7. The molecule has 9 rings (SSSR count). The largest absolute Gasteiger partial charge is 0.309 e. The molecular weight excluding hydrogens is 546 g/mol. The lowest BCUT2D eigenvalue weighted by atomic mass is 10.00. The summed E-state index contributed by atoms with van der Waals surface area (Å²) in [5.41, 5.74) is 13.2. The minimum Gasteiger partial charge on any atom is -0.309 e. The summed E-state index contributed by atoms with van der Waals surface area (Å²) in [5.74, 6) is 0. The van der Waals surface area contributed by atoms with Gasteiger partial charge in [0.2, 0.25) is 0 Å². The minimum absolute atomic E-state index is 0.897. The molecule has 0 saturated heterocycles. The van der Waals surface area contributed by atoms with Crippen molar-refractivity contribution in [3.8, 4) is 22.5 Å². The topological polar surface area (TPSA) is 22.8 Å². The Morgan fingerprint density at radius 3 is 1.40 bits per heavy atom. The number of pyridine rings is 1. The Hall–Kier alpha value is -5.93. The van der Waals surface area contributed by atoms with Gasteiger partial charge in [0.25, 0.3) is 0 Å². The molecule has 6 aromatic carbocycles. The summed E-state index contributed by atoms with van der Waals surface area (Å²) in [4.78, 5) is 4.67. The summed E-state index contributed by atoms with van der Waals surface area (Å²) in [5, 5.41) is 3.75. The second kappa shape index (κ2) is 10.4. The third kappa shape index (κ3) is 4.24. The first-order valence-corrected chi connectivity index (χ1v) is 15.4. The maximum absolute atomic E-state index is 4.67. The van der Waals surface area contributed by atoms with Gasteiger partial charge in [-0.05, 0) is 83.3 Å². The Kier molecular flexibility index (Phi) is 5.88. The molecule has 0 N–H and O–H groups in total. The second-order valence-corrected chi connectivity index (χ2v) is 11.7. The van der Waals surface area contributed by atoms with Crippen molar-refractivity contribution in [2.45, 2.75) is 6.42 Å². The number of fused-ring (bicyclic) bond motifs is 6. The van der Waals surface area contributed by atoms with E-state index in [9.17, 15) is 0 Å². The van der Waals surface area contributed by atoms with Crippen LogP contribution in [0, 0.1) is 0 Å². The normalized spacial score (nSPS) is 11.6. The highest BCUT2D eigenvalue weighted by Crippen LogP contribution is 2.33. The number of hydrogen-bond acceptors (Lipinski definition) is 1. The van der Waals surface area contributed by atoms with Gasteiger partial charge in [-0.15, -0.1) is 0 Å². The highest BCUT2D eigenvalue weighted by molar-refractivity contribution is 6.09. The van der Waals surface area contributed by atoms with E-state index in [0.717, 1.165) is 23.1 Å². The van der Waals surface area contributed by atoms with Crippen molar-refractivity contribution in [1.82, 2.24) is 14.1 Å². The fourth-order valence-corrected chi connectivity index (χ4v) is 6.88. The predicted molar refractivity (Wildman–Crippen MR) is 188 cm³/mol. The third-order valence-electron chi connectivity index (χ3n) is 9.02. The van der Waals surface area contributed by atoms with Crippen molar-refractivity contribution < 1.29 is 0 Å². The van der Waals surface area contributed by atoms with Crippen LogP contribution in [0.15, 0.2) is 164 Å². The molecule has 0 aliphatic heterocycles. The molecular formula is C42H29N3. The maximum Gasteiger partial charge on any atom is 0.0963 e.